The third-order valence-electron chi connectivity index (χ3n) is 2.13. The van der Waals surface area contributed by atoms with Crippen molar-refractivity contribution in [2.24, 2.45) is 7.05 Å². The molecule has 0 saturated carbocycles. The van der Waals surface area contributed by atoms with Crippen LogP contribution >= 0.6 is 0 Å². The molecule has 0 spiro atoms. The van der Waals surface area contributed by atoms with Gasteiger partial charge in [-0.1, -0.05) is 17.3 Å². The average Bonchev–Trinajstić information content (AvgIpc) is 2.60. The predicted octanol–water partition coefficient (Wildman–Crippen LogP) is 1.32. The van der Waals surface area contributed by atoms with Crippen molar-refractivity contribution >= 4 is 5.97 Å². The summed E-state index contributed by atoms with van der Waals surface area (Å²) < 4.78 is 14.3. The van der Waals surface area contributed by atoms with E-state index in [4.69, 9.17) is 5.11 Å². The number of hydrogen-bond donors (Lipinski definition) is 1. The van der Waals surface area contributed by atoms with E-state index < -0.39 is 11.8 Å². The molecule has 0 fully saturated rings. The Morgan fingerprint density at radius 1 is 1.50 bits per heavy atom. The van der Waals surface area contributed by atoms with E-state index in [1.807, 2.05) is 0 Å². The zero-order valence-corrected chi connectivity index (χ0v) is 8.38. The molecular formula is C10H8FN3O2. The number of carbonyl (C=O) groups is 1. The Morgan fingerprint density at radius 3 is 2.88 bits per heavy atom. The summed E-state index contributed by atoms with van der Waals surface area (Å²) in [5, 5.41) is 16.0. The van der Waals surface area contributed by atoms with Gasteiger partial charge >= 0.3 is 5.97 Å². The molecule has 0 bridgehead atoms. The maximum Gasteiger partial charge on any atom is 0.358 e. The minimum Gasteiger partial charge on any atom is -0.476 e. The molecule has 1 N–H and O–H groups in total. The number of aromatic carboxylic acids is 1. The highest BCUT2D eigenvalue weighted by Crippen LogP contribution is 2.22. The van der Waals surface area contributed by atoms with E-state index >= 15 is 0 Å². The zero-order valence-electron chi connectivity index (χ0n) is 8.38. The molecule has 0 amide bonds. The van der Waals surface area contributed by atoms with Crippen LogP contribution in [0.2, 0.25) is 0 Å². The second-order valence-corrected chi connectivity index (χ2v) is 3.23. The Hall–Kier alpha value is -2.24. The van der Waals surface area contributed by atoms with Crippen LogP contribution in [0.1, 0.15) is 10.5 Å². The Morgan fingerprint density at radius 2 is 2.25 bits per heavy atom. The standard InChI is InChI=1S/C10H8FN3O2/c1-14-9(8(10(15)16)12-13-14)6-3-2-4-7(11)5-6/h2-5H,1H3,(H,15,16). The zero-order chi connectivity index (χ0) is 11.7. The highest BCUT2D eigenvalue weighted by Gasteiger charge is 2.18. The van der Waals surface area contributed by atoms with E-state index in [0.717, 1.165) is 0 Å². The fourth-order valence-corrected chi connectivity index (χ4v) is 1.46. The molecule has 6 heteroatoms. The number of hydrogen-bond acceptors (Lipinski definition) is 3. The normalized spacial score (nSPS) is 10.4. The lowest BCUT2D eigenvalue weighted by Gasteiger charge is -2.02. The summed E-state index contributed by atoms with van der Waals surface area (Å²) in [4.78, 5) is 10.9. The fourth-order valence-electron chi connectivity index (χ4n) is 1.46. The van der Waals surface area contributed by atoms with Gasteiger partial charge in [0.05, 0.1) is 0 Å². The molecule has 0 radical (unpaired) electrons. The van der Waals surface area contributed by atoms with Crippen LogP contribution in [0.15, 0.2) is 24.3 Å². The lowest BCUT2D eigenvalue weighted by atomic mass is 10.1. The molecule has 82 valence electrons. The van der Waals surface area contributed by atoms with Crippen LogP contribution < -0.4 is 0 Å². The smallest absolute Gasteiger partial charge is 0.358 e. The monoisotopic (exact) mass is 221 g/mol. The quantitative estimate of drug-likeness (QED) is 0.830. The van der Waals surface area contributed by atoms with Gasteiger partial charge in [0.25, 0.3) is 0 Å². The molecule has 0 unspecified atom stereocenters. The third-order valence-corrected chi connectivity index (χ3v) is 2.13. The summed E-state index contributed by atoms with van der Waals surface area (Å²) in [6, 6.07) is 5.64. The van der Waals surface area contributed by atoms with Gasteiger partial charge in [0, 0.05) is 12.6 Å². The number of nitrogens with zero attached hydrogens (tertiary/aromatic N) is 3. The fraction of sp³-hybridized carbons (Fsp3) is 0.100. The Balaban J connectivity index is 2.63. The van der Waals surface area contributed by atoms with Gasteiger partial charge in [-0.15, -0.1) is 5.10 Å². The van der Waals surface area contributed by atoms with E-state index in [2.05, 4.69) is 10.3 Å². The van der Waals surface area contributed by atoms with Gasteiger partial charge in [0.2, 0.25) is 0 Å². The first-order chi connectivity index (χ1) is 7.59. The first kappa shape index (κ1) is 10.3. The van der Waals surface area contributed by atoms with Gasteiger partial charge in [-0.25, -0.2) is 13.9 Å². The number of carboxylic acid groups (broad SMARTS) is 1. The average molecular weight is 221 g/mol. The van der Waals surface area contributed by atoms with Crippen molar-refractivity contribution in [3.8, 4) is 11.3 Å². The summed E-state index contributed by atoms with van der Waals surface area (Å²) in [7, 11) is 1.56. The SMILES string of the molecule is Cn1nnc(C(=O)O)c1-c1cccc(F)c1. The van der Waals surface area contributed by atoms with E-state index in [1.165, 1.54) is 22.9 Å². The molecule has 0 aliphatic carbocycles. The van der Waals surface area contributed by atoms with Crippen molar-refractivity contribution in [2.75, 3.05) is 0 Å². The van der Waals surface area contributed by atoms with Crippen molar-refractivity contribution in [2.45, 2.75) is 0 Å². The second-order valence-electron chi connectivity index (χ2n) is 3.23. The Bertz CT molecular complexity index is 551. The summed E-state index contributed by atoms with van der Waals surface area (Å²) in [5.41, 5.74) is 0.532. The van der Waals surface area contributed by atoms with E-state index in [1.54, 1.807) is 13.1 Å². The van der Waals surface area contributed by atoms with Crippen LogP contribution in [0.5, 0.6) is 0 Å². The first-order valence-electron chi connectivity index (χ1n) is 4.48. The van der Waals surface area contributed by atoms with Gasteiger partial charge in [-0.3, -0.25) is 0 Å². The maximum atomic E-state index is 13.0. The summed E-state index contributed by atoms with van der Waals surface area (Å²) >= 11 is 0. The van der Waals surface area contributed by atoms with E-state index in [9.17, 15) is 9.18 Å². The summed E-state index contributed by atoms with van der Waals surface area (Å²) in [6.45, 7) is 0. The molecule has 16 heavy (non-hydrogen) atoms. The maximum absolute atomic E-state index is 13.0. The molecule has 1 heterocycles. The lowest BCUT2D eigenvalue weighted by molar-refractivity contribution is 0.0691. The molecule has 0 aliphatic heterocycles. The Labute approximate surface area is 90.1 Å². The van der Waals surface area contributed by atoms with Crippen LogP contribution in [0.25, 0.3) is 11.3 Å². The molecule has 0 atom stereocenters. The first-order valence-corrected chi connectivity index (χ1v) is 4.48. The summed E-state index contributed by atoms with van der Waals surface area (Å²) in [6.07, 6.45) is 0. The molecule has 0 aliphatic rings. The molecule has 0 saturated heterocycles. The summed E-state index contributed by atoms with van der Waals surface area (Å²) in [5.74, 6) is -1.62. The minimum atomic E-state index is -1.19. The van der Waals surface area contributed by atoms with Crippen molar-refractivity contribution in [3.05, 3.63) is 35.8 Å². The number of carboxylic acids is 1. The molecule has 1 aromatic heterocycles. The number of benzene rings is 1. The number of aryl methyl sites for hydroxylation is 1. The minimum absolute atomic E-state index is 0.187. The highest BCUT2D eigenvalue weighted by atomic mass is 19.1. The van der Waals surface area contributed by atoms with Crippen molar-refractivity contribution in [1.29, 1.82) is 0 Å². The topological polar surface area (TPSA) is 68.0 Å². The lowest BCUT2D eigenvalue weighted by Crippen LogP contribution is -2.01. The third kappa shape index (κ3) is 1.65. The van der Waals surface area contributed by atoms with Gasteiger partial charge in [-0.2, -0.15) is 0 Å². The largest absolute Gasteiger partial charge is 0.476 e. The van der Waals surface area contributed by atoms with Crippen LogP contribution in [0.4, 0.5) is 4.39 Å². The number of rotatable bonds is 2. The molecule has 5 nitrogen and oxygen atoms in total. The second kappa shape index (κ2) is 3.73. The van der Waals surface area contributed by atoms with Gasteiger partial charge in [0.15, 0.2) is 5.69 Å². The van der Waals surface area contributed by atoms with Crippen molar-refractivity contribution < 1.29 is 14.3 Å². The molecule has 2 aromatic rings. The van der Waals surface area contributed by atoms with Gasteiger partial charge < -0.3 is 5.11 Å². The van der Waals surface area contributed by atoms with Crippen molar-refractivity contribution in [1.82, 2.24) is 15.0 Å². The van der Waals surface area contributed by atoms with Gasteiger partial charge in [-0.05, 0) is 12.1 Å². The molecular weight excluding hydrogens is 213 g/mol. The van der Waals surface area contributed by atoms with Crippen LogP contribution in [-0.4, -0.2) is 26.1 Å². The Kier molecular flexibility index (Phi) is 2.40. The highest BCUT2D eigenvalue weighted by molar-refractivity contribution is 5.92. The number of halogens is 1. The van der Waals surface area contributed by atoms with Crippen LogP contribution in [-0.2, 0) is 7.05 Å². The van der Waals surface area contributed by atoms with Crippen LogP contribution in [0.3, 0.4) is 0 Å². The number of aromatic nitrogens is 3. The van der Waals surface area contributed by atoms with E-state index in [-0.39, 0.29) is 11.4 Å². The van der Waals surface area contributed by atoms with Crippen molar-refractivity contribution in [3.63, 3.8) is 0 Å². The van der Waals surface area contributed by atoms with Gasteiger partial charge in [0.1, 0.15) is 11.5 Å². The molecule has 1 aromatic carbocycles. The predicted molar refractivity (Wildman–Crippen MR) is 53.4 cm³/mol. The van der Waals surface area contributed by atoms with E-state index in [0.29, 0.717) is 5.56 Å². The molecule has 2 rings (SSSR count). The van der Waals surface area contributed by atoms with Crippen LogP contribution in [0, 0.1) is 5.82 Å².